The van der Waals surface area contributed by atoms with Gasteiger partial charge in [0.2, 0.25) is 5.91 Å². The van der Waals surface area contributed by atoms with Crippen LogP contribution in [-0.2, 0) is 4.79 Å². The Morgan fingerprint density at radius 2 is 2.19 bits per heavy atom. The second-order valence-corrected chi connectivity index (χ2v) is 3.38. The maximum atomic E-state index is 11.4. The molecule has 16 heavy (non-hydrogen) atoms. The summed E-state index contributed by atoms with van der Waals surface area (Å²) in [6.45, 7) is 3.91. The molecule has 86 valence electrons. The normalized spacial score (nSPS) is 9.88. The first-order valence-corrected chi connectivity index (χ1v) is 5.03. The van der Waals surface area contributed by atoms with Gasteiger partial charge in [-0.2, -0.15) is 0 Å². The molecule has 1 aromatic rings. The third kappa shape index (κ3) is 2.79. The molecule has 0 aliphatic carbocycles. The summed E-state index contributed by atoms with van der Waals surface area (Å²) in [7, 11) is 0. The van der Waals surface area contributed by atoms with Gasteiger partial charge in [-0.1, -0.05) is 6.92 Å². The molecule has 0 unspecified atom stereocenters. The van der Waals surface area contributed by atoms with E-state index in [4.69, 9.17) is 5.11 Å². The van der Waals surface area contributed by atoms with Crippen molar-refractivity contribution in [2.75, 3.05) is 11.4 Å². The van der Waals surface area contributed by atoms with Crippen LogP contribution in [0.3, 0.4) is 0 Å². The van der Waals surface area contributed by atoms with Crippen molar-refractivity contribution < 1.29 is 14.7 Å². The average Bonchev–Trinajstić information content (AvgIpc) is 2.25. The predicted molar refractivity (Wildman–Crippen MR) is 59.5 cm³/mol. The molecule has 0 aliphatic rings. The van der Waals surface area contributed by atoms with Crippen LogP contribution in [0.2, 0.25) is 0 Å². The van der Waals surface area contributed by atoms with Crippen LogP contribution in [0.1, 0.15) is 30.6 Å². The molecule has 0 radical (unpaired) electrons. The van der Waals surface area contributed by atoms with Gasteiger partial charge in [-0.15, -0.1) is 0 Å². The van der Waals surface area contributed by atoms with Crippen LogP contribution in [0.4, 0.5) is 5.82 Å². The maximum Gasteiger partial charge on any atom is 0.335 e. The van der Waals surface area contributed by atoms with Crippen LogP contribution >= 0.6 is 0 Å². The zero-order chi connectivity index (χ0) is 12.1. The molecule has 0 aromatic carbocycles. The number of anilines is 1. The van der Waals surface area contributed by atoms with E-state index in [1.54, 1.807) is 0 Å². The fourth-order valence-electron chi connectivity index (χ4n) is 1.36. The van der Waals surface area contributed by atoms with E-state index in [1.165, 1.54) is 30.2 Å². The van der Waals surface area contributed by atoms with E-state index < -0.39 is 5.97 Å². The van der Waals surface area contributed by atoms with Crippen molar-refractivity contribution >= 4 is 17.7 Å². The lowest BCUT2D eigenvalue weighted by atomic mass is 10.2. The van der Waals surface area contributed by atoms with E-state index in [2.05, 4.69) is 4.98 Å². The first kappa shape index (κ1) is 12.2. The second kappa shape index (κ2) is 5.25. The highest BCUT2D eigenvalue weighted by atomic mass is 16.4. The third-order valence-corrected chi connectivity index (χ3v) is 2.10. The first-order valence-electron chi connectivity index (χ1n) is 5.03. The van der Waals surface area contributed by atoms with Crippen LogP contribution in [-0.4, -0.2) is 28.5 Å². The number of pyridine rings is 1. The number of carboxylic acid groups (broad SMARTS) is 1. The van der Waals surface area contributed by atoms with Gasteiger partial charge in [0, 0.05) is 19.7 Å². The smallest absolute Gasteiger partial charge is 0.335 e. The lowest BCUT2D eigenvalue weighted by Crippen LogP contribution is -2.30. The Morgan fingerprint density at radius 3 is 2.69 bits per heavy atom. The van der Waals surface area contributed by atoms with E-state index in [-0.39, 0.29) is 11.5 Å². The average molecular weight is 222 g/mol. The SMILES string of the molecule is CCCN(C(C)=O)c1cc(C(=O)O)ccn1. The highest BCUT2D eigenvalue weighted by Crippen LogP contribution is 2.13. The van der Waals surface area contributed by atoms with Crippen molar-refractivity contribution in [1.82, 2.24) is 4.98 Å². The van der Waals surface area contributed by atoms with Crippen LogP contribution in [0, 0.1) is 0 Å². The van der Waals surface area contributed by atoms with Gasteiger partial charge in [-0.3, -0.25) is 9.69 Å². The summed E-state index contributed by atoms with van der Waals surface area (Å²) >= 11 is 0. The minimum atomic E-state index is -1.02. The van der Waals surface area contributed by atoms with Crippen molar-refractivity contribution in [3.63, 3.8) is 0 Å². The Hall–Kier alpha value is -1.91. The fourth-order valence-corrected chi connectivity index (χ4v) is 1.36. The first-order chi connectivity index (χ1) is 7.56. The predicted octanol–water partition coefficient (Wildman–Crippen LogP) is 1.54. The van der Waals surface area contributed by atoms with Crippen molar-refractivity contribution in [3.8, 4) is 0 Å². The number of hydrogen-bond donors (Lipinski definition) is 1. The molecule has 0 saturated carbocycles. The quantitative estimate of drug-likeness (QED) is 0.838. The van der Waals surface area contributed by atoms with Gasteiger partial charge in [0.1, 0.15) is 5.82 Å². The lowest BCUT2D eigenvalue weighted by molar-refractivity contribution is -0.116. The van der Waals surface area contributed by atoms with Crippen molar-refractivity contribution in [2.24, 2.45) is 0 Å². The molecule has 0 atom stereocenters. The van der Waals surface area contributed by atoms with E-state index in [0.717, 1.165) is 6.42 Å². The molecule has 0 spiro atoms. The van der Waals surface area contributed by atoms with Gasteiger partial charge in [0.05, 0.1) is 5.56 Å². The molecule has 5 nitrogen and oxygen atoms in total. The van der Waals surface area contributed by atoms with Crippen LogP contribution < -0.4 is 4.90 Å². The molecule has 1 heterocycles. The number of rotatable bonds is 4. The Labute approximate surface area is 93.7 Å². The number of carbonyl (C=O) groups excluding carboxylic acids is 1. The molecule has 0 saturated heterocycles. The Morgan fingerprint density at radius 1 is 1.50 bits per heavy atom. The summed E-state index contributed by atoms with van der Waals surface area (Å²) in [5, 5.41) is 8.83. The van der Waals surface area contributed by atoms with Crippen LogP contribution in [0.15, 0.2) is 18.3 Å². The molecule has 0 aliphatic heterocycles. The lowest BCUT2D eigenvalue weighted by Gasteiger charge is -2.19. The molecule has 1 amide bonds. The molecule has 1 N–H and O–H groups in total. The van der Waals surface area contributed by atoms with Gasteiger partial charge in [-0.25, -0.2) is 9.78 Å². The number of aromatic carboxylic acids is 1. The molecule has 1 rings (SSSR count). The van der Waals surface area contributed by atoms with Crippen molar-refractivity contribution in [1.29, 1.82) is 0 Å². The molecular formula is C11H14N2O3. The zero-order valence-corrected chi connectivity index (χ0v) is 9.30. The Bertz CT molecular complexity index is 404. The standard InChI is InChI=1S/C11H14N2O3/c1-3-6-13(8(2)14)10-7-9(11(15)16)4-5-12-10/h4-5,7H,3,6H2,1-2H3,(H,15,16). The molecular weight excluding hydrogens is 208 g/mol. The molecule has 0 fully saturated rings. The minimum absolute atomic E-state index is 0.132. The zero-order valence-electron chi connectivity index (χ0n) is 9.30. The van der Waals surface area contributed by atoms with Gasteiger partial charge in [-0.05, 0) is 18.6 Å². The van der Waals surface area contributed by atoms with E-state index in [0.29, 0.717) is 12.4 Å². The van der Waals surface area contributed by atoms with Gasteiger partial charge in [0.15, 0.2) is 0 Å². The maximum absolute atomic E-state index is 11.4. The Kier molecular flexibility index (Phi) is 3.99. The second-order valence-electron chi connectivity index (χ2n) is 3.38. The van der Waals surface area contributed by atoms with E-state index in [9.17, 15) is 9.59 Å². The van der Waals surface area contributed by atoms with Crippen molar-refractivity contribution in [3.05, 3.63) is 23.9 Å². The van der Waals surface area contributed by atoms with Crippen LogP contribution in [0.25, 0.3) is 0 Å². The molecule has 0 bridgehead atoms. The summed E-state index contributed by atoms with van der Waals surface area (Å²) in [5.74, 6) is -0.783. The topological polar surface area (TPSA) is 70.5 Å². The summed E-state index contributed by atoms with van der Waals surface area (Å²) in [6.07, 6.45) is 2.18. The van der Waals surface area contributed by atoms with E-state index >= 15 is 0 Å². The minimum Gasteiger partial charge on any atom is -0.478 e. The van der Waals surface area contributed by atoms with E-state index in [1.807, 2.05) is 6.92 Å². The fraction of sp³-hybridized carbons (Fsp3) is 0.364. The van der Waals surface area contributed by atoms with Crippen molar-refractivity contribution in [2.45, 2.75) is 20.3 Å². The Balaban J connectivity index is 3.04. The number of carbonyl (C=O) groups is 2. The monoisotopic (exact) mass is 222 g/mol. The molecule has 5 heteroatoms. The largest absolute Gasteiger partial charge is 0.478 e. The highest BCUT2D eigenvalue weighted by molar-refractivity contribution is 5.93. The van der Waals surface area contributed by atoms with Gasteiger partial charge >= 0.3 is 5.97 Å². The summed E-state index contributed by atoms with van der Waals surface area (Å²) in [5.41, 5.74) is 0.132. The third-order valence-electron chi connectivity index (χ3n) is 2.10. The summed E-state index contributed by atoms with van der Waals surface area (Å²) in [6, 6.07) is 2.80. The highest BCUT2D eigenvalue weighted by Gasteiger charge is 2.13. The summed E-state index contributed by atoms with van der Waals surface area (Å²) < 4.78 is 0. The number of aromatic nitrogens is 1. The van der Waals surface area contributed by atoms with Gasteiger partial charge < -0.3 is 5.11 Å². The summed E-state index contributed by atoms with van der Waals surface area (Å²) in [4.78, 5) is 27.6. The number of nitrogens with zero attached hydrogens (tertiary/aromatic N) is 2. The number of carboxylic acids is 1. The van der Waals surface area contributed by atoms with Crippen LogP contribution in [0.5, 0.6) is 0 Å². The number of hydrogen-bond acceptors (Lipinski definition) is 3. The molecule has 1 aromatic heterocycles. The van der Waals surface area contributed by atoms with Gasteiger partial charge in [0.25, 0.3) is 0 Å². The number of amides is 1.